The van der Waals surface area contributed by atoms with Gasteiger partial charge < -0.3 is 9.73 Å². The van der Waals surface area contributed by atoms with Gasteiger partial charge in [-0.2, -0.15) is 5.26 Å². The lowest BCUT2D eigenvalue weighted by Crippen LogP contribution is -2.14. The SMILES string of the molecule is Cc1oc(-n2cccc2)c(C#N)c1C(=O)Nc1cccc2ccccc12. The monoisotopic (exact) mass is 341 g/mol. The Morgan fingerprint density at radius 2 is 1.81 bits per heavy atom. The van der Waals surface area contributed by atoms with E-state index < -0.39 is 0 Å². The number of anilines is 1. The number of amides is 1. The molecule has 126 valence electrons. The van der Waals surface area contributed by atoms with Crippen LogP contribution < -0.4 is 5.32 Å². The third-order valence-corrected chi connectivity index (χ3v) is 4.28. The number of rotatable bonds is 3. The molecule has 1 amide bonds. The van der Waals surface area contributed by atoms with Gasteiger partial charge in [-0.1, -0.05) is 36.4 Å². The van der Waals surface area contributed by atoms with E-state index in [9.17, 15) is 10.1 Å². The zero-order valence-corrected chi connectivity index (χ0v) is 14.1. The Morgan fingerprint density at radius 3 is 2.58 bits per heavy atom. The minimum Gasteiger partial charge on any atom is -0.443 e. The average Bonchev–Trinajstić information content (AvgIpc) is 3.29. The first kappa shape index (κ1) is 15.7. The quantitative estimate of drug-likeness (QED) is 0.589. The van der Waals surface area contributed by atoms with E-state index in [0.717, 1.165) is 10.8 Å². The number of furan rings is 1. The van der Waals surface area contributed by atoms with Gasteiger partial charge in [-0.15, -0.1) is 0 Å². The van der Waals surface area contributed by atoms with Crippen molar-refractivity contribution in [3.05, 3.63) is 83.9 Å². The summed E-state index contributed by atoms with van der Waals surface area (Å²) in [6.45, 7) is 1.69. The number of carbonyl (C=O) groups is 1. The second-order valence-electron chi connectivity index (χ2n) is 5.90. The summed E-state index contributed by atoms with van der Waals surface area (Å²) in [6, 6.07) is 19.3. The zero-order valence-electron chi connectivity index (χ0n) is 14.1. The minimum atomic E-state index is -0.363. The van der Waals surface area contributed by atoms with Crippen molar-refractivity contribution >= 4 is 22.4 Å². The number of nitrogens with zero attached hydrogens (tertiary/aromatic N) is 2. The molecule has 0 fully saturated rings. The third-order valence-electron chi connectivity index (χ3n) is 4.28. The number of aromatic nitrogens is 1. The summed E-state index contributed by atoms with van der Waals surface area (Å²) in [5.74, 6) is 0.388. The number of fused-ring (bicyclic) bond motifs is 1. The normalized spacial score (nSPS) is 10.6. The molecule has 0 spiro atoms. The third kappa shape index (κ3) is 2.54. The largest absolute Gasteiger partial charge is 0.443 e. The van der Waals surface area contributed by atoms with Crippen LogP contribution in [0.3, 0.4) is 0 Å². The molecule has 4 aromatic rings. The number of hydrogen-bond acceptors (Lipinski definition) is 3. The first-order valence-corrected chi connectivity index (χ1v) is 8.15. The van der Waals surface area contributed by atoms with Gasteiger partial charge in [0.15, 0.2) is 0 Å². The summed E-state index contributed by atoms with van der Waals surface area (Å²) in [5.41, 5.74) is 1.17. The predicted molar refractivity (Wildman–Crippen MR) is 99.4 cm³/mol. The molecule has 2 aromatic carbocycles. The maximum atomic E-state index is 12.9. The second-order valence-corrected chi connectivity index (χ2v) is 5.90. The summed E-state index contributed by atoms with van der Waals surface area (Å²) in [7, 11) is 0. The number of benzene rings is 2. The lowest BCUT2D eigenvalue weighted by molar-refractivity contribution is 0.102. The van der Waals surface area contributed by atoms with Crippen LogP contribution in [-0.2, 0) is 0 Å². The van der Waals surface area contributed by atoms with Crippen LogP contribution in [0.1, 0.15) is 21.7 Å². The summed E-state index contributed by atoms with van der Waals surface area (Å²) in [6.07, 6.45) is 3.54. The second kappa shape index (κ2) is 6.26. The van der Waals surface area contributed by atoms with Gasteiger partial charge in [0.2, 0.25) is 5.88 Å². The highest BCUT2D eigenvalue weighted by Gasteiger charge is 2.24. The molecule has 2 heterocycles. The first-order chi connectivity index (χ1) is 12.7. The molecule has 0 unspecified atom stereocenters. The molecule has 5 heteroatoms. The molecule has 0 saturated heterocycles. The van der Waals surface area contributed by atoms with Gasteiger partial charge >= 0.3 is 0 Å². The lowest BCUT2D eigenvalue weighted by Gasteiger charge is -2.08. The molecule has 0 aliphatic heterocycles. The van der Waals surface area contributed by atoms with Crippen LogP contribution in [0.15, 0.2) is 71.4 Å². The minimum absolute atomic E-state index is 0.219. The van der Waals surface area contributed by atoms with Crippen molar-refractivity contribution in [2.45, 2.75) is 6.92 Å². The molecule has 0 saturated carbocycles. The van der Waals surface area contributed by atoms with Crippen LogP contribution >= 0.6 is 0 Å². The molecule has 26 heavy (non-hydrogen) atoms. The Kier molecular flexibility index (Phi) is 3.79. The van der Waals surface area contributed by atoms with Crippen molar-refractivity contribution in [2.75, 3.05) is 5.32 Å². The smallest absolute Gasteiger partial charge is 0.260 e. The Bertz CT molecular complexity index is 1140. The molecular weight excluding hydrogens is 326 g/mol. The number of aryl methyl sites for hydroxylation is 1. The molecule has 0 radical (unpaired) electrons. The van der Waals surface area contributed by atoms with E-state index in [2.05, 4.69) is 11.4 Å². The maximum Gasteiger partial charge on any atom is 0.260 e. The molecule has 0 atom stereocenters. The average molecular weight is 341 g/mol. The molecule has 0 aliphatic carbocycles. The van der Waals surface area contributed by atoms with Crippen molar-refractivity contribution in [2.24, 2.45) is 0 Å². The fourth-order valence-corrected chi connectivity index (χ4v) is 3.08. The highest BCUT2D eigenvalue weighted by molar-refractivity contribution is 6.11. The van der Waals surface area contributed by atoms with Crippen molar-refractivity contribution in [3.63, 3.8) is 0 Å². The van der Waals surface area contributed by atoms with E-state index in [1.165, 1.54) is 0 Å². The summed E-state index contributed by atoms with van der Waals surface area (Å²) in [4.78, 5) is 12.9. The van der Waals surface area contributed by atoms with E-state index in [4.69, 9.17) is 4.42 Å². The fourth-order valence-electron chi connectivity index (χ4n) is 3.08. The molecule has 0 aliphatic rings. The summed E-state index contributed by atoms with van der Waals surface area (Å²) in [5, 5.41) is 14.5. The van der Waals surface area contributed by atoms with Gasteiger partial charge in [0.25, 0.3) is 5.91 Å². The van der Waals surface area contributed by atoms with Crippen LogP contribution in [-0.4, -0.2) is 10.5 Å². The number of hydrogen-bond donors (Lipinski definition) is 1. The van der Waals surface area contributed by atoms with E-state index in [0.29, 0.717) is 17.3 Å². The summed E-state index contributed by atoms with van der Waals surface area (Å²) >= 11 is 0. The van der Waals surface area contributed by atoms with E-state index in [1.54, 1.807) is 23.9 Å². The van der Waals surface area contributed by atoms with Crippen LogP contribution in [0.25, 0.3) is 16.7 Å². The van der Waals surface area contributed by atoms with Crippen LogP contribution in [0.2, 0.25) is 0 Å². The zero-order chi connectivity index (χ0) is 18.1. The van der Waals surface area contributed by atoms with Crippen molar-refractivity contribution in [1.29, 1.82) is 5.26 Å². The van der Waals surface area contributed by atoms with Crippen molar-refractivity contribution < 1.29 is 9.21 Å². The Morgan fingerprint density at radius 1 is 1.08 bits per heavy atom. The van der Waals surface area contributed by atoms with E-state index >= 15 is 0 Å². The lowest BCUT2D eigenvalue weighted by atomic mass is 10.1. The van der Waals surface area contributed by atoms with E-state index in [-0.39, 0.29) is 17.0 Å². The number of carbonyl (C=O) groups excluding carboxylic acids is 1. The Hall–Kier alpha value is -3.78. The van der Waals surface area contributed by atoms with Crippen molar-refractivity contribution in [1.82, 2.24) is 4.57 Å². The highest BCUT2D eigenvalue weighted by Crippen LogP contribution is 2.28. The number of nitriles is 1. The van der Waals surface area contributed by atoms with E-state index in [1.807, 2.05) is 54.6 Å². The molecule has 0 bridgehead atoms. The molecule has 5 nitrogen and oxygen atoms in total. The van der Waals surface area contributed by atoms with Gasteiger partial charge in [-0.25, -0.2) is 0 Å². The molecular formula is C21H15N3O2. The molecule has 1 N–H and O–H groups in total. The predicted octanol–water partition coefficient (Wildman–Crippen LogP) is 4.66. The van der Waals surface area contributed by atoms with Gasteiger partial charge in [0, 0.05) is 23.5 Å². The Labute approximate surface area is 150 Å². The standard InChI is InChI=1S/C21H15N3O2/c1-14-19(17(13-22)21(26-14)24-11-4-5-12-24)20(25)23-18-10-6-8-15-7-2-3-9-16(15)18/h2-12H,1H3,(H,23,25). The van der Waals surface area contributed by atoms with Gasteiger partial charge in [0.1, 0.15) is 23.0 Å². The van der Waals surface area contributed by atoms with Gasteiger partial charge in [0.05, 0.1) is 0 Å². The van der Waals surface area contributed by atoms with Gasteiger partial charge in [-0.05, 0) is 30.5 Å². The summed E-state index contributed by atoms with van der Waals surface area (Å²) < 4.78 is 7.39. The topological polar surface area (TPSA) is 71.0 Å². The highest BCUT2D eigenvalue weighted by atomic mass is 16.4. The molecule has 4 rings (SSSR count). The Balaban J connectivity index is 1.76. The van der Waals surface area contributed by atoms with Crippen molar-refractivity contribution in [3.8, 4) is 12.0 Å². The fraction of sp³-hybridized carbons (Fsp3) is 0.0476. The maximum absolute atomic E-state index is 12.9. The van der Waals surface area contributed by atoms with Gasteiger partial charge in [-0.3, -0.25) is 9.36 Å². The molecule has 2 aromatic heterocycles. The number of nitrogens with one attached hydrogen (secondary N) is 1. The van der Waals surface area contributed by atoms with Crippen LogP contribution in [0.4, 0.5) is 5.69 Å². The van der Waals surface area contributed by atoms with Crippen LogP contribution in [0, 0.1) is 18.3 Å². The van der Waals surface area contributed by atoms with Crippen LogP contribution in [0.5, 0.6) is 0 Å². The first-order valence-electron chi connectivity index (χ1n) is 8.15.